The van der Waals surface area contributed by atoms with E-state index in [9.17, 15) is 0 Å². The van der Waals surface area contributed by atoms with Crippen molar-refractivity contribution >= 4 is 23.1 Å². The second kappa shape index (κ2) is 4.31. The minimum Gasteiger partial charge on any atom is -0.461 e. The van der Waals surface area contributed by atoms with Crippen LogP contribution in [0.5, 0.6) is 0 Å². The molecular weight excluding hydrogens is 256 g/mol. The number of halogens is 1. The van der Waals surface area contributed by atoms with Crippen LogP contribution in [0.2, 0.25) is 5.02 Å². The molecule has 0 aliphatic heterocycles. The summed E-state index contributed by atoms with van der Waals surface area (Å²) in [5, 5.41) is 1.57. The van der Waals surface area contributed by atoms with Gasteiger partial charge in [0.1, 0.15) is 5.01 Å². The molecule has 0 saturated carbocycles. The van der Waals surface area contributed by atoms with E-state index in [4.69, 9.17) is 16.0 Å². The molecule has 0 spiro atoms. The Labute approximate surface area is 107 Å². The molecule has 84 valence electrons. The fourth-order valence-corrected chi connectivity index (χ4v) is 2.24. The molecule has 0 radical (unpaired) electrons. The van der Waals surface area contributed by atoms with E-state index in [1.54, 1.807) is 6.26 Å². The molecule has 3 rings (SSSR count). The third-order valence-electron chi connectivity index (χ3n) is 2.26. The zero-order valence-electron chi connectivity index (χ0n) is 8.63. The highest BCUT2D eigenvalue weighted by Crippen LogP contribution is 2.26. The van der Waals surface area contributed by atoms with E-state index in [-0.39, 0.29) is 0 Å². The lowest BCUT2D eigenvalue weighted by atomic mass is 10.2. The zero-order valence-corrected chi connectivity index (χ0v) is 10.2. The monoisotopic (exact) mass is 262 g/mol. The van der Waals surface area contributed by atoms with Crippen LogP contribution in [0, 0.1) is 0 Å². The summed E-state index contributed by atoms with van der Waals surface area (Å²) in [5.74, 6) is 1.30. The van der Waals surface area contributed by atoms with E-state index in [1.165, 1.54) is 11.5 Å². The number of aromatic nitrogens is 2. The maximum absolute atomic E-state index is 5.84. The maximum atomic E-state index is 5.84. The highest BCUT2D eigenvalue weighted by Gasteiger charge is 2.09. The lowest BCUT2D eigenvalue weighted by Gasteiger charge is -1.94. The van der Waals surface area contributed by atoms with Gasteiger partial charge in [-0.2, -0.15) is 4.37 Å². The molecule has 3 nitrogen and oxygen atoms in total. The van der Waals surface area contributed by atoms with E-state index in [0.29, 0.717) is 16.6 Å². The molecule has 1 aromatic carbocycles. The molecule has 0 aliphatic carbocycles. The topological polar surface area (TPSA) is 38.9 Å². The predicted octanol–water partition coefficient (Wildman–Crippen LogP) is 4.12. The van der Waals surface area contributed by atoms with Gasteiger partial charge in [0, 0.05) is 10.6 Å². The van der Waals surface area contributed by atoms with Gasteiger partial charge in [-0.3, -0.25) is 0 Å². The van der Waals surface area contributed by atoms with Crippen molar-refractivity contribution < 1.29 is 4.42 Å². The van der Waals surface area contributed by atoms with E-state index in [2.05, 4.69) is 9.36 Å². The van der Waals surface area contributed by atoms with Gasteiger partial charge in [0.15, 0.2) is 5.76 Å². The van der Waals surface area contributed by atoms with Gasteiger partial charge in [0.25, 0.3) is 0 Å². The van der Waals surface area contributed by atoms with E-state index in [0.717, 1.165) is 10.6 Å². The Morgan fingerprint density at radius 3 is 2.65 bits per heavy atom. The first kappa shape index (κ1) is 10.5. The summed E-state index contributed by atoms with van der Waals surface area (Å²) in [6, 6.07) is 11.2. The number of nitrogens with zero attached hydrogens (tertiary/aromatic N) is 2. The summed E-state index contributed by atoms with van der Waals surface area (Å²) in [4.78, 5) is 4.42. The Morgan fingerprint density at radius 2 is 1.94 bits per heavy atom. The van der Waals surface area contributed by atoms with Gasteiger partial charge in [-0.05, 0) is 35.8 Å². The van der Waals surface area contributed by atoms with Crippen LogP contribution in [0.25, 0.3) is 22.2 Å². The summed E-state index contributed by atoms with van der Waals surface area (Å²) in [5.41, 5.74) is 1.00. The van der Waals surface area contributed by atoms with Crippen molar-refractivity contribution in [3.05, 3.63) is 47.7 Å². The van der Waals surface area contributed by atoms with Crippen molar-refractivity contribution in [2.75, 3.05) is 0 Å². The van der Waals surface area contributed by atoms with Gasteiger partial charge in [0.05, 0.1) is 6.26 Å². The fourth-order valence-electron chi connectivity index (χ4n) is 1.44. The number of benzene rings is 1. The van der Waals surface area contributed by atoms with Crippen LogP contribution in [0.4, 0.5) is 0 Å². The largest absolute Gasteiger partial charge is 0.461 e. The molecule has 0 fully saturated rings. The van der Waals surface area contributed by atoms with Crippen molar-refractivity contribution in [3.8, 4) is 22.2 Å². The molecule has 5 heteroatoms. The van der Waals surface area contributed by atoms with Crippen LogP contribution in [0.15, 0.2) is 47.1 Å². The summed E-state index contributed by atoms with van der Waals surface area (Å²) in [6.45, 7) is 0. The van der Waals surface area contributed by atoms with Gasteiger partial charge in [0.2, 0.25) is 5.82 Å². The van der Waals surface area contributed by atoms with Crippen LogP contribution >= 0.6 is 23.1 Å². The molecule has 0 saturated heterocycles. The molecule has 0 amide bonds. The predicted molar refractivity (Wildman–Crippen MR) is 68.1 cm³/mol. The highest BCUT2D eigenvalue weighted by atomic mass is 35.5. The third-order valence-corrected chi connectivity index (χ3v) is 3.27. The van der Waals surface area contributed by atoms with Gasteiger partial charge in [-0.25, -0.2) is 4.98 Å². The number of rotatable bonds is 2. The number of hydrogen-bond acceptors (Lipinski definition) is 4. The lowest BCUT2D eigenvalue weighted by molar-refractivity contribution is 0.578. The Balaban J connectivity index is 1.98. The van der Waals surface area contributed by atoms with Gasteiger partial charge in [-0.15, -0.1) is 0 Å². The second-order valence-electron chi connectivity index (χ2n) is 3.41. The molecule has 3 aromatic rings. The van der Waals surface area contributed by atoms with Crippen molar-refractivity contribution in [1.29, 1.82) is 0 Å². The first-order valence-electron chi connectivity index (χ1n) is 4.96. The van der Waals surface area contributed by atoms with Crippen LogP contribution in [0.1, 0.15) is 0 Å². The van der Waals surface area contributed by atoms with Crippen molar-refractivity contribution in [2.45, 2.75) is 0 Å². The molecule has 2 heterocycles. The maximum Gasteiger partial charge on any atom is 0.209 e. The van der Waals surface area contributed by atoms with Crippen LogP contribution in [-0.4, -0.2) is 9.36 Å². The average molecular weight is 263 g/mol. The van der Waals surface area contributed by atoms with Crippen molar-refractivity contribution in [3.63, 3.8) is 0 Å². The van der Waals surface area contributed by atoms with Crippen LogP contribution in [-0.2, 0) is 0 Å². The Hall–Kier alpha value is -1.65. The lowest BCUT2D eigenvalue weighted by Crippen LogP contribution is -1.78. The Morgan fingerprint density at radius 1 is 1.12 bits per heavy atom. The highest BCUT2D eigenvalue weighted by molar-refractivity contribution is 7.09. The summed E-state index contributed by atoms with van der Waals surface area (Å²) >= 11 is 7.18. The van der Waals surface area contributed by atoms with E-state index in [1.807, 2.05) is 36.4 Å². The number of hydrogen-bond donors (Lipinski definition) is 0. The van der Waals surface area contributed by atoms with Crippen molar-refractivity contribution in [1.82, 2.24) is 9.36 Å². The number of furan rings is 1. The third kappa shape index (κ3) is 2.09. The Kier molecular flexibility index (Phi) is 2.66. The van der Waals surface area contributed by atoms with E-state index < -0.39 is 0 Å². The summed E-state index contributed by atoms with van der Waals surface area (Å²) < 4.78 is 9.51. The van der Waals surface area contributed by atoms with Gasteiger partial charge in [-0.1, -0.05) is 23.7 Å². The standard InChI is InChI=1S/C12H7ClN2OS/c13-9-5-3-8(4-6-9)12-14-11(15-17-12)10-2-1-7-16-10/h1-7H. The smallest absolute Gasteiger partial charge is 0.209 e. The quantitative estimate of drug-likeness (QED) is 0.697. The average Bonchev–Trinajstić information content (AvgIpc) is 3.00. The fraction of sp³-hybridized carbons (Fsp3) is 0. The molecule has 0 N–H and O–H groups in total. The molecule has 0 bridgehead atoms. The van der Waals surface area contributed by atoms with Crippen LogP contribution < -0.4 is 0 Å². The molecule has 0 unspecified atom stereocenters. The molecule has 0 aliphatic rings. The van der Waals surface area contributed by atoms with Crippen molar-refractivity contribution in [2.24, 2.45) is 0 Å². The molecule has 2 aromatic heterocycles. The first-order valence-corrected chi connectivity index (χ1v) is 6.11. The van der Waals surface area contributed by atoms with Crippen LogP contribution in [0.3, 0.4) is 0 Å². The minimum atomic E-state index is 0.616. The Bertz CT molecular complexity index is 616. The molecule has 17 heavy (non-hydrogen) atoms. The first-order chi connectivity index (χ1) is 8.33. The summed E-state index contributed by atoms with van der Waals surface area (Å²) in [6.07, 6.45) is 1.61. The van der Waals surface area contributed by atoms with Gasteiger partial charge < -0.3 is 4.42 Å². The second-order valence-corrected chi connectivity index (χ2v) is 4.60. The summed E-state index contributed by atoms with van der Waals surface area (Å²) in [7, 11) is 0. The SMILES string of the molecule is Clc1ccc(-c2nc(-c3ccco3)ns2)cc1. The minimum absolute atomic E-state index is 0.616. The molecular formula is C12H7ClN2OS. The van der Waals surface area contributed by atoms with E-state index >= 15 is 0 Å². The normalized spacial score (nSPS) is 10.6. The zero-order chi connectivity index (χ0) is 11.7. The molecule has 0 atom stereocenters. The van der Waals surface area contributed by atoms with Gasteiger partial charge >= 0.3 is 0 Å².